The second kappa shape index (κ2) is 7.35. The van der Waals surface area contributed by atoms with Crippen LogP contribution < -0.4 is 4.74 Å². The Balaban J connectivity index is 2.07. The predicted molar refractivity (Wildman–Crippen MR) is 94.1 cm³/mol. The Labute approximate surface area is 150 Å². The second-order valence-corrected chi connectivity index (χ2v) is 5.97. The zero-order valence-electron chi connectivity index (χ0n) is 14.8. The van der Waals surface area contributed by atoms with Gasteiger partial charge < -0.3 is 14.3 Å². The highest BCUT2D eigenvalue weighted by Gasteiger charge is 2.24. The number of methoxy groups -OCH3 is 1. The quantitative estimate of drug-likeness (QED) is 0.725. The molecule has 0 bridgehead atoms. The first-order chi connectivity index (χ1) is 12.5. The Morgan fingerprint density at radius 3 is 2.73 bits per heavy atom. The van der Waals surface area contributed by atoms with E-state index < -0.39 is 11.9 Å². The van der Waals surface area contributed by atoms with Crippen molar-refractivity contribution >= 4 is 5.97 Å². The molecule has 0 fully saturated rings. The van der Waals surface area contributed by atoms with Crippen molar-refractivity contribution in [1.82, 2.24) is 15.2 Å². The molecule has 1 unspecified atom stereocenters. The van der Waals surface area contributed by atoms with Gasteiger partial charge in [-0.05, 0) is 24.1 Å². The van der Waals surface area contributed by atoms with Crippen molar-refractivity contribution in [2.24, 2.45) is 0 Å². The molecular weight excluding hydrogens is 334 g/mol. The molecule has 0 spiro atoms. The lowest BCUT2D eigenvalue weighted by molar-refractivity contribution is -0.137. The van der Waals surface area contributed by atoms with Crippen molar-refractivity contribution in [3.05, 3.63) is 59.6 Å². The van der Waals surface area contributed by atoms with E-state index in [-0.39, 0.29) is 12.3 Å². The highest BCUT2D eigenvalue weighted by molar-refractivity contribution is 5.73. The first kappa shape index (κ1) is 17.6. The maximum absolute atomic E-state index is 11.3. The van der Waals surface area contributed by atoms with Crippen molar-refractivity contribution < 1.29 is 19.1 Å². The molecule has 0 aliphatic carbocycles. The normalized spacial score (nSPS) is 12.0. The number of aliphatic carboxylic acids is 1. The minimum atomic E-state index is -0.954. The number of rotatable bonds is 6. The minimum Gasteiger partial charge on any atom is -0.496 e. The lowest BCUT2D eigenvalue weighted by Gasteiger charge is -2.14. The molecular formula is C19H19N3O4. The molecule has 3 aromatic rings. The van der Waals surface area contributed by atoms with E-state index in [4.69, 9.17) is 9.15 Å². The van der Waals surface area contributed by atoms with E-state index in [0.29, 0.717) is 11.5 Å². The van der Waals surface area contributed by atoms with Crippen molar-refractivity contribution in [1.29, 1.82) is 0 Å². The van der Waals surface area contributed by atoms with Crippen LogP contribution in [-0.4, -0.2) is 33.4 Å². The predicted octanol–water partition coefficient (Wildman–Crippen LogP) is 3.36. The number of para-hydroxylation sites is 1. The van der Waals surface area contributed by atoms with Gasteiger partial charge in [0.05, 0.1) is 19.4 Å². The maximum Gasteiger partial charge on any atom is 0.304 e. The van der Waals surface area contributed by atoms with E-state index >= 15 is 0 Å². The molecule has 7 nitrogen and oxygen atoms in total. The Morgan fingerprint density at radius 1 is 1.27 bits per heavy atom. The van der Waals surface area contributed by atoms with Gasteiger partial charge in [-0.2, -0.15) is 0 Å². The van der Waals surface area contributed by atoms with Crippen LogP contribution in [-0.2, 0) is 4.79 Å². The Morgan fingerprint density at radius 2 is 2.08 bits per heavy atom. The number of aryl methyl sites for hydroxylation is 2. The Hall–Kier alpha value is -3.22. The Bertz CT molecular complexity index is 936. The van der Waals surface area contributed by atoms with Crippen LogP contribution >= 0.6 is 0 Å². The molecule has 2 heterocycles. The third-order valence-electron chi connectivity index (χ3n) is 4.11. The number of hydrogen-bond acceptors (Lipinski definition) is 6. The molecule has 1 aromatic carbocycles. The van der Waals surface area contributed by atoms with E-state index in [1.54, 1.807) is 26.4 Å². The van der Waals surface area contributed by atoms with Crippen LogP contribution in [0.4, 0.5) is 0 Å². The zero-order chi connectivity index (χ0) is 18.7. The summed E-state index contributed by atoms with van der Waals surface area (Å²) in [5.74, 6) is -0.115. The molecule has 0 saturated carbocycles. The molecule has 2 aromatic heterocycles. The highest BCUT2D eigenvalue weighted by atomic mass is 16.5. The summed E-state index contributed by atoms with van der Waals surface area (Å²) in [5, 5.41) is 17.1. The molecule has 1 N–H and O–H groups in total. The number of carboxylic acids is 1. The molecule has 0 saturated heterocycles. The molecule has 0 radical (unpaired) electrons. The smallest absolute Gasteiger partial charge is 0.304 e. The van der Waals surface area contributed by atoms with Crippen LogP contribution in [0.3, 0.4) is 0 Å². The van der Waals surface area contributed by atoms with Crippen LogP contribution in [0, 0.1) is 13.8 Å². The summed E-state index contributed by atoms with van der Waals surface area (Å²) >= 11 is 0. The monoisotopic (exact) mass is 353 g/mol. The third kappa shape index (κ3) is 3.56. The van der Waals surface area contributed by atoms with Gasteiger partial charge in [0.1, 0.15) is 5.75 Å². The first-order valence-electron chi connectivity index (χ1n) is 8.10. The Kier molecular flexibility index (Phi) is 4.97. The number of benzene rings is 1. The zero-order valence-corrected chi connectivity index (χ0v) is 14.8. The van der Waals surface area contributed by atoms with Gasteiger partial charge in [-0.25, -0.2) is 0 Å². The summed E-state index contributed by atoms with van der Waals surface area (Å²) < 4.78 is 11.0. The average molecular weight is 353 g/mol. The minimum absolute atomic E-state index is 0.169. The van der Waals surface area contributed by atoms with Gasteiger partial charge in [0, 0.05) is 30.4 Å². The number of ether oxygens (including phenoxy) is 1. The molecule has 134 valence electrons. The molecule has 26 heavy (non-hydrogen) atoms. The van der Waals surface area contributed by atoms with Gasteiger partial charge in [0.25, 0.3) is 0 Å². The molecule has 3 rings (SSSR count). The number of carbonyl (C=O) groups is 1. The fourth-order valence-electron chi connectivity index (χ4n) is 2.92. The molecule has 0 aliphatic rings. The third-order valence-corrected chi connectivity index (χ3v) is 4.11. The lowest BCUT2D eigenvalue weighted by Crippen LogP contribution is -2.09. The molecule has 7 heteroatoms. The van der Waals surface area contributed by atoms with Gasteiger partial charge in [-0.15, -0.1) is 10.2 Å². The van der Waals surface area contributed by atoms with Crippen molar-refractivity contribution in [3.8, 4) is 16.9 Å². The van der Waals surface area contributed by atoms with Crippen LogP contribution in [0.25, 0.3) is 11.1 Å². The summed E-state index contributed by atoms with van der Waals surface area (Å²) in [7, 11) is 1.62. The van der Waals surface area contributed by atoms with Gasteiger partial charge >= 0.3 is 5.97 Å². The fraction of sp³-hybridized carbons (Fsp3) is 0.263. The maximum atomic E-state index is 11.3. The summed E-state index contributed by atoms with van der Waals surface area (Å²) in [4.78, 5) is 15.6. The second-order valence-electron chi connectivity index (χ2n) is 5.97. The van der Waals surface area contributed by atoms with Gasteiger partial charge in [-0.1, -0.05) is 18.2 Å². The fourth-order valence-corrected chi connectivity index (χ4v) is 2.92. The van der Waals surface area contributed by atoms with Gasteiger partial charge in [0.2, 0.25) is 11.8 Å². The molecule has 1 atom stereocenters. The number of carboxylic acid groups (broad SMARTS) is 1. The number of aromatic nitrogens is 3. The topological polar surface area (TPSA) is 98.3 Å². The molecule has 0 amide bonds. The van der Waals surface area contributed by atoms with E-state index in [2.05, 4.69) is 15.2 Å². The largest absolute Gasteiger partial charge is 0.496 e. The number of hydrogen-bond donors (Lipinski definition) is 1. The van der Waals surface area contributed by atoms with E-state index in [1.165, 1.54) is 0 Å². The number of nitrogens with zero attached hydrogens (tertiary/aromatic N) is 3. The number of pyridine rings is 1. The van der Waals surface area contributed by atoms with Crippen molar-refractivity contribution in [2.75, 3.05) is 7.11 Å². The van der Waals surface area contributed by atoms with Gasteiger partial charge in [-0.3, -0.25) is 9.78 Å². The summed E-state index contributed by atoms with van der Waals surface area (Å²) in [6, 6.07) is 7.73. The summed E-state index contributed by atoms with van der Waals surface area (Å²) in [6.07, 6.45) is 3.17. The van der Waals surface area contributed by atoms with E-state index in [1.807, 2.05) is 31.2 Å². The standard InChI is InChI=1S/C19H19N3O4/c1-11-5-4-6-15(18(11)25-3)13-7-14(10-20-9-13)16(8-17(23)24)19-22-21-12(2)26-19/h4-7,9-10,16H,8H2,1-3H3,(H,23,24). The van der Waals surface area contributed by atoms with Crippen molar-refractivity contribution in [3.63, 3.8) is 0 Å². The van der Waals surface area contributed by atoms with Gasteiger partial charge in [0.15, 0.2) is 0 Å². The van der Waals surface area contributed by atoms with Crippen LogP contribution in [0.2, 0.25) is 0 Å². The summed E-state index contributed by atoms with van der Waals surface area (Å²) in [6.45, 7) is 3.63. The van der Waals surface area contributed by atoms with E-state index in [0.717, 1.165) is 22.4 Å². The lowest BCUT2D eigenvalue weighted by atomic mass is 9.94. The van der Waals surface area contributed by atoms with Crippen molar-refractivity contribution in [2.45, 2.75) is 26.2 Å². The van der Waals surface area contributed by atoms with Crippen LogP contribution in [0.5, 0.6) is 5.75 Å². The van der Waals surface area contributed by atoms with E-state index in [9.17, 15) is 9.90 Å². The SMILES string of the molecule is COc1c(C)cccc1-c1cncc(C(CC(=O)O)c2nnc(C)o2)c1. The first-order valence-corrected chi connectivity index (χ1v) is 8.10. The molecule has 0 aliphatic heterocycles. The average Bonchev–Trinajstić information content (AvgIpc) is 3.05. The highest BCUT2D eigenvalue weighted by Crippen LogP contribution is 2.35. The summed E-state index contributed by atoms with van der Waals surface area (Å²) in [5.41, 5.74) is 3.41. The van der Waals surface area contributed by atoms with Crippen LogP contribution in [0.15, 0.2) is 41.1 Å². The van der Waals surface area contributed by atoms with Crippen LogP contribution in [0.1, 0.15) is 35.2 Å².